The number of thiophene rings is 1. The molecule has 13 rings (SSSR count). The Morgan fingerprint density at radius 2 is 1.12 bits per heavy atom. The van der Waals surface area contributed by atoms with Crippen molar-refractivity contribution in [1.82, 2.24) is 0 Å². The largest absolute Gasteiger partial charge is 0.310 e. The van der Waals surface area contributed by atoms with E-state index < -0.39 is 0 Å². The molecule has 6 aliphatic carbocycles. The first-order valence-corrected chi connectivity index (χ1v) is 20.0. The van der Waals surface area contributed by atoms with Crippen LogP contribution in [-0.2, 0) is 10.8 Å². The Hall–Kier alpha value is -4.66. The highest BCUT2D eigenvalue weighted by molar-refractivity contribution is 7.25. The summed E-state index contributed by atoms with van der Waals surface area (Å²) in [4.78, 5) is 2.67. The van der Waals surface area contributed by atoms with Crippen LogP contribution in [0.4, 0.5) is 17.1 Å². The van der Waals surface area contributed by atoms with Crippen LogP contribution in [0.25, 0.3) is 42.4 Å². The Bertz CT molecular complexity index is 2570. The molecule has 2 heteroatoms. The molecular formula is C49H41NS. The van der Waals surface area contributed by atoms with Crippen LogP contribution in [0, 0.1) is 23.7 Å². The van der Waals surface area contributed by atoms with Gasteiger partial charge in [-0.05, 0) is 143 Å². The van der Waals surface area contributed by atoms with Crippen LogP contribution >= 0.6 is 11.3 Å². The van der Waals surface area contributed by atoms with Gasteiger partial charge >= 0.3 is 0 Å². The average molecular weight is 676 g/mol. The van der Waals surface area contributed by atoms with E-state index in [2.05, 4.69) is 146 Å². The molecule has 4 saturated carbocycles. The van der Waals surface area contributed by atoms with Gasteiger partial charge in [-0.1, -0.05) is 98.8 Å². The predicted molar refractivity (Wildman–Crippen MR) is 215 cm³/mol. The van der Waals surface area contributed by atoms with Crippen molar-refractivity contribution in [3.05, 3.63) is 150 Å². The Labute approximate surface area is 304 Å². The molecule has 7 aromatic rings. The van der Waals surface area contributed by atoms with Crippen LogP contribution in [0.1, 0.15) is 68.2 Å². The molecule has 6 aliphatic rings. The third-order valence-electron chi connectivity index (χ3n) is 14.2. The summed E-state index contributed by atoms with van der Waals surface area (Å²) in [5.74, 6) is 3.23. The molecule has 1 aromatic heterocycles. The van der Waals surface area contributed by atoms with Crippen LogP contribution in [-0.4, -0.2) is 0 Å². The molecule has 0 radical (unpaired) electrons. The molecular weight excluding hydrogens is 635 g/mol. The molecule has 248 valence electrons. The van der Waals surface area contributed by atoms with E-state index in [1.54, 1.807) is 11.1 Å². The molecule has 0 N–H and O–H groups in total. The minimum Gasteiger partial charge on any atom is -0.310 e. The van der Waals surface area contributed by atoms with Gasteiger partial charge in [0.15, 0.2) is 0 Å². The van der Waals surface area contributed by atoms with Crippen LogP contribution in [0.3, 0.4) is 0 Å². The summed E-state index contributed by atoms with van der Waals surface area (Å²) in [7, 11) is 0. The first-order valence-electron chi connectivity index (χ1n) is 19.2. The minimum atomic E-state index is -0.0708. The molecule has 0 atom stereocenters. The molecule has 0 amide bonds. The summed E-state index contributed by atoms with van der Waals surface area (Å²) in [6.45, 7) is 4.82. The minimum absolute atomic E-state index is 0.0691. The zero-order valence-corrected chi connectivity index (χ0v) is 30.1. The van der Waals surface area contributed by atoms with Crippen molar-refractivity contribution in [1.29, 1.82) is 0 Å². The number of hydrogen-bond acceptors (Lipinski definition) is 2. The third-order valence-corrected chi connectivity index (χ3v) is 15.4. The summed E-state index contributed by atoms with van der Waals surface area (Å²) < 4.78 is 2.71. The highest BCUT2D eigenvalue weighted by Crippen LogP contribution is 2.71. The van der Waals surface area contributed by atoms with Gasteiger partial charge in [0, 0.05) is 42.4 Å². The van der Waals surface area contributed by atoms with Gasteiger partial charge in [-0.25, -0.2) is 0 Å². The lowest BCUT2D eigenvalue weighted by molar-refractivity contribution is -0.0397. The van der Waals surface area contributed by atoms with Gasteiger partial charge in [0.25, 0.3) is 0 Å². The molecule has 6 aromatic carbocycles. The van der Waals surface area contributed by atoms with Gasteiger partial charge in [-0.15, -0.1) is 11.3 Å². The van der Waals surface area contributed by atoms with Gasteiger partial charge in [-0.3, -0.25) is 0 Å². The molecule has 0 saturated heterocycles. The van der Waals surface area contributed by atoms with Gasteiger partial charge in [0.05, 0.1) is 5.69 Å². The second kappa shape index (κ2) is 10.0. The molecule has 1 heterocycles. The molecule has 0 aliphatic heterocycles. The van der Waals surface area contributed by atoms with Crippen molar-refractivity contribution < 1.29 is 0 Å². The van der Waals surface area contributed by atoms with E-state index in [0.717, 1.165) is 11.8 Å². The lowest BCUT2D eigenvalue weighted by atomic mass is 9.43. The van der Waals surface area contributed by atoms with E-state index in [9.17, 15) is 0 Å². The fourth-order valence-electron chi connectivity index (χ4n) is 12.5. The van der Waals surface area contributed by atoms with Gasteiger partial charge < -0.3 is 4.90 Å². The standard InChI is InChI=1S/C49H41NS/c1-48(2)41-14-6-3-10-35(41)37-20-18-34(28-43(37)48)50(33-19-21-46-40(27-33)38-12-5-8-17-45(38)51-46)44-16-9-13-39-36-11-4-7-15-42(36)49(47(39)44)31-23-29-22-30(25-31)26-32(49)24-29/h3-21,27-32H,22-26H2,1-2H3. The molecule has 51 heavy (non-hydrogen) atoms. The maximum atomic E-state index is 2.67. The fraction of sp³-hybridized carbons (Fsp3) is 0.265. The Morgan fingerprint density at radius 1 is 0.510 bits per heavy atom. The number of hydrogen-bond donors (Lipinski definition) is 0. The second-order valence-electron chi connectivity index (χ2n) is 16.9. The second-order valence-corrected chi connectivity index (χ2v) is 18.0. The van der Waals surface area contributed by atoms with Crippen molar-refractivity contribution in [2.24, 2.45) is 23.7 Å². The Balaban J connectivity index is 1.15. The first-order chi connectivity index (χ1) is 25.0. The molecule has 4 bridgehead atoms. The maximum Gasteiger partial charge on any atom is 0.0509 e. The van der Waals surface area contributed by atoms with E-state index in [4.69, 9.17) is 0 Å². The summed E-state index contributed by atoms with van der Waals surface area (Å²) in [6, 6.07) is 49.4. The topological polar surface area (TPSA) is 3.24 Å². The summed E-state index contributed by atoms with van der Waals surface area (Å²) >= 11 is 1.91. The summed E-state index contributed by atoms with van der Waals surface area (Å²) in [6.07, 6.45) is 6.99. The van der Waals surface area contributed by atoms with Crippen LogP contribution in [0.15, 0.2) is 127 Å². The average Bonchev–Trinajstić information content (AvgIpc) is 3.75. The third kappa shape index (κ3) is 3.67. The van der Waals surface area contributed by atoms with Gasteiger partial charge in [0.1, 0.15) is 0 Å². The smallest absolute Gasteiger partial charge is 0.0509 e. The van der Waals surface area contributed by atoms with Crippen molar-refractivity contribution in [2.45, 2.75) is 56.8 Å². The van der Waals surface area contributed by atoms with Crippen LogP contribution in [0.2, 0.25) is 0 Å². The summed E-state index contributed by atoms with van der Waals surface area (Å²) in [5, 5.41) is 2.71. The highest BCUT2D eigenvalue weighted by Gasteiger charge is 2.62. The van der Waals surface area contributed by atoms with Crippen LogP contribution < -0.4 is 4.90 Å². The summed E-state index contributed by atoms with van der Waals surface area (Å²) in [5.41, 5.74) is 15.7. The van der Waals surface area contributed by atoms with Crippen molar-refractivity contribution in [2.75, 3.05) is 4.90 Å². The van der Waals surface area contributed by atoms with Crippen molar-refractivity contribution in [3.8, 4) is 22.3 Å². The zero-order chi connectivity index (χ0) is 33.6. The SMILES string of the molecule is CC1(C)c2ccccc2-c2ccc(N(c3ccc4sc5ccccc5c4c3)c3cccc4c3C3(c5ccccc5-4)C4CC5CC(C4)CC3C5)cc21. The van der Waals surface area contributed by atoms with E-state index in [-0.39, 0.29) is 10.8 Å². The van der Waals surface area contributed by atoms with Gasteiger partial charge in [-0.2, -0.15) is 0 Å². The first kappa shape index (κ1) is 29.0. The van der Waals surface area contributed by atoms with E-state index in [1.165, 1.54) is 103 Å². The molecule has 1 spiro atoms. The van der Waals surface area contributed by atoms with Gasteiger partial charge in [0.2, 0.25) is 0 Å². The maximum absolute atomic E-state index is 2.67. The Morgan fingerprint density at radius 3 is 1.92 bits per heavy atom. The molecule has 1 nitrogen and oxygen atoms in total. The molecule has 4 fully saturated rings. The van der Waals surface area contributed by atoms with E-state index in [0.29, 0.717) is 11.8 Å². The number of anilines is 3. The normalized spacial score (nSPS) is 25.7. The number of rotatable bonds is 3. The number of fused-ring (bicyclic) bond motifs is 9. The number of nitrogens with zero attached hydrogens (tertiary/aromatic N) is 1. The number of benzene rings is 6. The van der Waals surface area contributed by atoms with Crippen molar-refractivity contribution in [3.63, 3.8) is 0 Å². The van der Waals surface area contributed by atoms with E-state index >= 15 is 0 Å². The monoisotopic (exact) mass is 675 g/mol. The quantitative estimate of drug-likeness (QED) is 0.180. The molecule has 0 unspecified atom stereocenters. The lowest BCUT2D eigenvalue weighted by Crippen LogP contribution is -2.55. The lowest BCUT2D eigenvalue weighted by Gasteiger charge is -2.61. The highest BCUT2D eigenvalue weighted by atomic mass is 32.1. The predicted octanol–water partition coefficient (Wildman–Crippen LogP) is 13.6. The fourth-order valence-corrected chi connectivity index (χ4v) is 13.6. The van der Waals surface area contributed by atoms with E-state index in [1.807, 2.05) is 11.3 Å². The Kier molecular flexibility index (Phi) is 5.69. The van der Waals surface area contributed by atoms with Crippen molar-refractivity contribution >= 4 is 48.6 Å². The van der Waals surface area contributed by atoms with Crippen LogP contribution in [0.5, 0.6) is 0 Å². The zero-order valence-electron chi connectivity index (χ0n) is 29.3.